The Morgan fingerprint density at radius 1 is 0.222 bits per heavy atom. The van der Waals surface area contributed by atoms with Gasteiger partial charge in [-0.3, -0.25) is 0 Å². The summed E-state index contributed by atoms with van der Waals surface area (Å²) in [5.74, 6) is 0. The molecule has 15 aromatic rings. The van der Waals surface area contributed by atoms with Gasteiger partial charge in [0.25, 0.3) is 0 Å². The molecular formula is C60H32S3. The molecule has 3 aromatic heterocycles. The van der Waals surface area contributed by atoms with Crippen LogP contribution in [0.1, 0.15) is 0 Å². The van der Waals surface area contributed by atoms with Gasteiger partial charge in [-0.1, -0.05) is 146 Å². The van der Waals surface area contributed by atoms with Crippen molar-refractivity contribution in [2.75, 3.05) is 0 Å². The molecule has 3 heteroatoms. The quantitative estimate of drug-likeness (QED) is 0.155. The summed E-state index contributed by atoms with van der Waals surface area (Å²) in [5.41, 5.74) is 7.70. The minimum atomic E-state index is 1.26. The molecule has 0 atom stereocenters. The lowest BCUT2D eigenvalue weighted by atomic mass is 9.87. The van der Waals surface area contributed by atoms with Crippen molar-refractivity contribution in [3.8, 4) is 43.1 Å². The van der Waals surface area contributed by atoms with Gasteiger partial charge in [-0.2, -0.15) is 0 Å². The van der Waals surface area contributed by atoms with E-state index in [9.17, 15) is 0 Å². The fraction of sp³-hybridized carbons (Fsp3) is 0. The standard InChI is InChI=1S/C60H32S3/c1-3-7-51-39(5-1)31-55(61-51)43-21-11-35-13-23-45-41(19-9-33-15-25-47(43)59(35)57(33)45)37-17-27-53-49(29-37)50-30-38(18-28-54(50)63-53)42-20-10-34-16-26-48-44(56-32-40-6-2-4-8-52(40)62-56)22-12-36-14-24-46(42)58(34)60(36)48/h1-32H. The number of fused-ring (bicyclic) bond motifs is 5. The molecule has 12 aromatic carbocycles. The molecule has 3 heterocycles. The van der Waals surface area contributed by atoms with Crippen LogP contribution < -0.4 is 0 Å². The van der Waals surface area contributed by atoms with Crippen LogP contribution in [-0.4, -0.2) is 0 Å². The molecule has 63 heavy (non-hydrogen) atoms. The lowest BCUT2D eigenvalue weighted by Gasteiger charge is -2.16. The number of hydrogen-bond donors (Lipinski definition) is 0. The van der Waals surface area contributed by atoms with E-state index in [1.54, 1.807) is 0 Å². The highest BCUT2D eigenvalue weighted by Gasteiger charge is 2.19. The third-order valence-electron chi connectivity index (χ3n) is 13.8. The Labute approximate surface area is 373 Å². The van der Waals surface area contributed by atoms with E-state index in [0.717, 1.165) is 0 Å². The van der Waals surface area contributed by atoms with E-state index >= 15 is 0 Å². The van der Waals surface area contributed by atoms with Crippen molar-refractivity contribution in [3.63, 3.8) is 0 Å². The maximum Gasteiger partial charge on any atom is 0.0361 e. The summed E-state index contributed by atoms with van der Waals surface area (Å²) in [6.07, 6.45) is 0. The SMILES string of the molecule is c1ccc2sc(-c3ccc4ccc5c(-c6ccc7sc8ccc(-c9ccc%10ccc%11c(-c%12cc%13ccccc%13s%12)ccc%12ccc9c%10c%12%11)cc8c7c6)ccc6ccc3c4c65)cc2c1. The largest absolute Gasteiger partial charge is 0.135 e. The van der Waals surface area contributed by atoms with Crippen molar-refractivity contribution in [1.29, 1.82) is 0 Å². The van der Waals surface area contributed by atoms with Gasteiger partial charge in [0.1, 0.15) is 0 Å². The molecule has 0 nitrogen and oxygen atoms in total. The molecule has 0 aliphatic heterocycles. The number of benzene rings is 12. The van der Waals surface area contributed by atoms with Crippen LogP contribution >= 0.6 is 34.0 Å². The predicted octanol–water partition coefficient (Wildman–Crippen LogP) is 18.9. The molecule has 0 spiro atoms. The van der Waals surface area contributed by atoms with Crippen LogP contribution in [0.2, 0.25) is 0 Å². The van der Waals surface area contributed by atoms with Crippen molar-refractivity contribution < 1.29 is 0 Å². The van der Waals surface area contributed by atoms with Gasteiger partial charge in [0, 0.05) is 39.3 Å². The second-order valence-electron chi connectivity index (χ2n) is 17.1. The first kappa shape index (κ1) is 34.4. The maximum atomic E-state index is 2.45. The molecule has 290 valence electrons. The zero-order chi connectivity index (χ0) is 40.9. The van der Waals surface area contributed by atoms with Crippen LogP contribution in [0.15, 0.2) is 194 Å². The zero-order valence-electron chi connectivity index (χ0n) is 33.7. The van der Waals surface area contributed by atoms with E-state index in [1.165, 1.54) is 148 Å². The fourth-order valence-electron chi connectivity index (χ4n) is 10.9. The highest BCUT2D eigenvalue weighted by molar-refractivity contribution is 7.26. The fourth-order valence-corrected chi connectivity index (χ4v) is 14.1. The molecule has 0 saturated heterocycles. The first-order valence-corrected chi connectivity index (χ1v) is 24.0. The Morgan fingerprint density at radius 3 is 1.00 bits per heavy atom. The van der Waals surface area contributed by atoms with Gasteiger partial charge in [-0.05, 0) is 157 Å². The Balaban J connectivity index is 0.883. The number of thiophene rings is 3. The van der Waals surface area contributed by atoms with Crippen LogP contribution in [-0.2, 0) is 0 Å². The molecule has 15 rings (SSSR count). The molecule has 0 bridgehead atoms. The van der Waals surface area contributed by atoms with Crippen LogP contribution in [0.5, 0.6) is 0 Å². The molecule has 0 fully saturated rings. The predicted molar refractivity (Wildman–Crippen MR) is 279 cm³/mol. The van der Waals surface area contributed by atoms with Gasteiger partial charge in [0.05, 0.1) is 0 Å². The Kier molecular flexibility index (Phi) is 6.95. The molecule has 0 aliphatic carbocycles. The average Bonchev–Trinajstić information content (AvgIpc) is 4.07. The van der Waals surface area contributed by atoms with E-state index in [0.29, 0.717) is 0 Å². The van der Waals surface area contributed by atoms with Crippen LogP contribution in [0.25, 0.3) is 148 Å². The highest BCUT2D eigenvalue weighted by Crippen LogP contribution is 2.48. The van der Waals surface area contributed by atoms with Gasteiger partial charge >= 0.3 is 0 Å². The van der Waals surface area contributed by atoms with Crippen LogP contribution in [0.3, 0.4) is 0 Å². The highest BCUT2D eigenvalue weighted by atomic mass is 32.1. The van der Waals surface area contributed by atoms with E-state index in [1.807, 2.05) is 34.0 Å². The van der Waals surface area contributed by atoms with Gasteiger partial charge in [0.15, 0.2) is 0 Å². The van der Waals surface area contributed by atoms with Crippen LogP contribution in [0, 0.1) is 0 Å². The summed E-state index contributed by atoms with van der Waals surface area (Å²) in [5, 5.41) is 21.1. The maximum absolute atomic E-state index is 2.45. The van der Waals surface area contributed by atoms with Gasteiger partial charge in [-0.15, -0.1) is 34.0 Å². The number of hydrogen-bond acceptors (Lipinski definition) is 3. The van der Waals surface area contributed by atoms with E-state index in [-0.39, 0.29) is 0 Å². The Bertz CT molecular complexity index is 4040. The first-order valence-electron chi connectivity index (χ1n) is 21.5. The molecule has 0 amide bonds. The summed E-state index contributed by atoms with van der Waals surface area (Å²) in [6, 6.07) is 73.8. The Hall–Kier alpha value is -7.14. The van der Waals surface area contributed by atoms with Crippen molar-refractivity contribution in [1.82, 2.24) is 0 Å². The minimum absolute atomic E-state index is 1.26. The monoisotopic (exact) mass is 848 g/mol. The first-order chi connectivity index (χ1) is 31.2. The number of rotatable bonds is 4. The minimum Gasteiger partial charge on any atom is -0.135 e. The second-order valence-corrected chi connectivity index (χ2v) is 20.4. The normalized spacial score (nSPS) is 12.4. The summed E-state index contributed by atoms with van der Waals surface area (Å²) >= 11 is 5.67. The molecule has 0 unspecified atom stereocenters. The molecule has 0 N–H and O–H groups in total. The van der Waals surface area contributed by atoms with Crippen molar-refractivity contribution >= 4 is 139 Å². The summed E-state index contributed by atoms with van der Waals surface area (Å²) in [4.78, 5) is 2.64. The molecule has 0 aliphatic rings. The van der Waals surface area contributed by atoms with Crippen LogP contribution in [0.4, 0.5) is 0 Å². The lowest BCUT2D eigenvalue weighted by molar-refractivity contribution is 1.71. The van der Waals surface area contributed by atoms with Gasteiger partial charge in [-0.25, -0.2) is 0 Å². The third kappa shape index (κ3) is 4.90. The van der Waals surface area contributed by atoms with E-state index < -0.39 is 0 Å². The smallest absolute Gasteiger partial charge is 0.0361 e. The summed E-state index contributed by atoms with van der Waals surface area (Å²) in [7, 11) is 0. The van der Waals surface area contributed by atoms with Crippen molar-refractivity contribution in [2.24, 2.45) is 0 Å². The molecule has 0 saturated carbocycles. The van der Waals surface area contributed by atoms with Crippen molar-refractivity contribution in [2.45, 2.75) is 0 Å². The second kappa shape index (κ2) is 12.7. The van der Waals surface area contributed by atoms with Crippen molar-refractivity contribution in [3.05, 3.63) is 194 Å². The summed E-state index contributed by atoms with van der Waals surface area (Å²) < 4.78 is 5.30. The third-order valence-corrected chi connectivity index (χ3v) is 17.3. The molecule has 0 radical (unpaired) electrons. The topological polar surface area (TPSA) is 0 Å². The molecular weight excluding hydrogens is 817 g/mol. The Morgan fingerprint density at radius 2 is 0.587 bits per heavy atom. The lowest BCUT2D eigenvalue weighted by Crippen LogP contribution is -1.89. The van der Waals surface area contributed by atoms with Gasteiger partial charge in [0.2, 0.25) is 0 Å². The zero-order valence-corrected chi connectivity index (χ0v) is 36.1. The average molecular weight is 849 g/mol. The van der Waals surface area contributed by atoms with Gasteiger partial charge < -0.3 is 0 Å². The summed E-state index contributed by atoms with van der Waals surface area (Å²) in [6.45, 7) is 0. The van der Waals surface area contributed by atoms with E-state index in [2.05, 4.69) is 194 Å². The van der Waals surface area contributed by atoms with E-state index in [4.69, 9.17) is 0 Å².